The van der Waals surface area contributed by atoms with Gasteiger partial charge in [-0.1, -0.05) is 11.6 Å². The summed E-state index contributed by atoms with van der Waals surface area (Å²) in [6.07, 6.45) is 1.88. The van der Waals surface area contributed by atoms with Gasteiger partial charge in [0, 0.05) is 26.5 Å². The zero-order chi connectivity index (χ0) is 10.8. The first kappa shape index (κ1) is 10.9. The van der Waals surface area contributed by atoms with Crippen molar-refractivity contribution >= 4 is 11.6 Å². The molecule has 5 heteroatoms. The van der Waals surface area contributed by atoms with Crippen molar-refractivity contribution in [1.82, 2.24) is 9.55 Å². The minimum absolute atomic E-state index is 0.276. The summed E-state index contributed by atoms with van der Waals surface area (Å²) in [7, 11) is 1.67. The molecule has 1 unspecified atom stereocenters. The summed E-state index contributed by atoms with van der Waals surface area (Å²) in [5.74, 6) is 0.962. The largest absolute Gasteiger partial charge is 0.393 e. The normalized spacial score (nSPS) is 20.3. The van der Waals surface area contributed by atoms with Crippen LogP contribution in [0.3, 0.4) is 0 Å². The molecule has 2 heterocycles. The van der Waals surface area contributed by atoms with E-state index in [1.165, 1.54) is 0 Å². The zero-order valence-corrected chi connectivity index (χ0v) is 9.50. The van der Waals surface area contributed by atoms with Gasteiger partial charge in [-0.3, -0.25) is 0 Å². The van der Waals surface area contributed by atoms with Gasteiger partial charge in [-0.2, -0.15) is 0 Å². The van der Waals surface area contributed by atoms with Crippen LogP contribution in [0.15, 0.2) is 0 Å². The van der Waals surface area contributed by atoms with Crippen molar-refractivity contribution in [2.24, 2.45) is 0 Å². The molecule has 4 nitrogen and oxygen atoms in total. The second kappa shape index (κ2) is 4.51. The lowest BCUT2D eigenvalue weighted by Crippen LogP contribution is -2.24. The Morgan fingerprint density at radius 2 is 2.47 bits per heavy atom. The second-order valence-corrected chi connectivity index (χ2v) is 4.16. The van der Waals surface area contributed by atoms with E-state index in [0.29, 0.717) is 18.2 Å². The Labute approximate surface area is 93.8 Å². The van der Waals surface area contributed by atoms with Crippen LogP contribution in [-0.4, -0.2) is 34.5 Å². The summed E-state index contributed by atoms with van der Waals surface area (Å²) in [6, 6.07) is 0. The van der Waals surface area contributed by atoms with Crippen molar-refractivity contribution in [3.05, 3.63) is 16.7 Å². The summed E-state index contributed by atoms with van der Waals surface area (Å²) in [6.45, 7) is 1.45. The van der Waals surface area contributed by atoms with Crippen molar-refractivity contribution in [1.29, 1.82) is 0 Å². The predicted octanol–water partition coefficient (Wildman–Crippen LogP) is 1.03. The lowest BCUT2D eigenvalue weighted by molar-refractivity contribution is 0.142. The summed E-state index contributed by atoms with van der Waals surface area (Å²) >= 11 is 6.02. The van der Waals surface area contributed by atoms with E-state index < -0.39 is 0 Å². The van der Waals surface area contributed by atoms with Crippen molar-refractivity contribution in [2.75, 3.05) is 13.7 Å². The molecule has 0 amide bonds. The average Bonchev–Trinajstić information content (AvgIpc) is 2.53. The fourth-order valence-electron chi connectivity index (χ4n) is 1.95. The molecule has 0 bridgehead atoms. The summed E-state index contributed by atoms with van der Waals surface area (Å²) in [4.78, 5) is 4.30. The molecule has 84 valence electrons. The Balaban J connectivity index is 2.23. The third-order valence-electron chi connectivity index (χ3n) is 2.75. The maximum atomic E-state index is 9.54. The predicted molar refractivity (Wildman–Crippen MR) is 57.1 cm³/mol. The molecular formula is C10H15ClN2O2. The van der Waals surface area contributed by atoms with Gasteiger partial charge in [-0.25, -0.2) is 4.98 Å². The van der Waals surface area contributed by atoms with Crippen LogP contribution in [0.25, 0.3) is 0 Å². The number of nitrogens with zero attached hydrogens (tertiary/aromatic N) is 2. The molecular weight excluding hydrogens is 216 g/mol. The fourth-order valence-corrected chi connectivity index (χ4v) is 2.23. The van der Waals surface area contributed by atoms with Gasteiger partial charge in [-0.05, 0) is 6.42 Å². The number of aliphatic hydroxyl groups is 1. The van der Waals surface area contributed by atoms with E-state index in [9.17, 15) is 5.11 Å². The van der Waals surface area contributed by atoms with Gasteiger partial charge >= 0.3 is 0 Å². The number of hydrogen-bond acceptors (Lipinski definition) is 3. The molecule has 1 atom stereocenters. The van der Waals surface area contributed by atoms with Crippen LogP contribution in [0.1, 0.15) is 17.9 Å². The lowest BCUT2D eigenvalue weighted by atomic mass is 10.1. The Hall–Kier alpha value is -0.580. The molecule has 0 spiro atoms. The van der Waals surface area contributed by atoms with Gasteiger partial charge in [0.15, 0.2) is 5.15 Å². The first-order chi connectivity index (χ1) is 7.22. The van der Waals surface area contributed by atoms with Gasteiger partial charge in [0.05, 0.1) is 18.4 Å². The number of halogens is 1. The number of hydrogen-bond donors (Lipinski definition) is 1. The highest BCUT2D eigenvalue weighted by Crippen LogP contribution is 2.24. The van der Waals surface area contributed by atoms with E-state index in [-0.39, 0.29) is 6.10 Å². The van der Waals surface area contributed by atoms with Gasteiger partial charge in [-0.15, -0.1) is 0 Å². The average molecular weight is 231 g/mol. The van der Waals surface area contributed by atoms with E-state index in [1.54, 1.807) is 7.11 Å². The highest BCUT2D eigenvalue weighted by molar-refractivity contribution is 6.30. The zero-order valence-electron chi connectivity index (χ0n) is 8.74. The highest BCUT2D eigenvalue weighted by atomic mass is 35.5. The first-order valence-corrected chi connectivity index (χ1v) is 5.51. The molecule has 0 fully saturated rings. The maximum Gasteiger partial charge on any atom is 0.150 e. The molecule has 15 heavy (non-hydrogen) atoms. The topological polar surface area (TPSA) is 47.3 Å². The third kappa shape index (κ3) is 2.17. The first-order valence-electron chi connectivity index (χ1n) is 5.13. The number of imidazole rings is 1. The van der Waals surface area contributed by atoms with Gasteiger partial charge < -0.3 is 14.4 Å². The molecule has 0 aliphatic carbocycles. The van der Waals surface area contributed by atoms with Crippen molar-refractivity contribution in [3.63, 3.8) is 0 Å². The molecule has 1 aromatic rings. The molecule has 1 N–H and O–H groups in total. The number of aromatic nitrogens is 2. The Morgan fingerprint density at radius 1 is 1.67 bits per heavy atom. The van der Waals surface area contributed by atoms with Gasteiger partial charge in [0.25, 0.3) is 0 Å². The minimum atomic E-state index is -0.276. The van der Waals surface area contributed by atoms with Crippen molar-refractivity contribution < 1.29 is 9.84 Å². The molecule has 2 rings (SSSR count). The number of rotatable bonds is 3. The fraction of sp³-hybridized carbons (Fsp3) is 0.700. The van der Waals surface area contributed by atoms with Crippen LogP contribution in [0.5, 0.6) is 0 Å². The number of fused-ring (bicyclic) bond motifs is 1. The molecule has 1 aliphatic rings. The number of ether oxygens (including phenoxy) is 1. The van der Waals surface area contributed by atoms with E-state index in [1.807, 2.05) is 0 Å². The highest BCUT2D eigenvalue weighted by Gasteiger charge is 2.23. The SMILES string of the molecule is COCCc1nc(Cl)c2n1CCC(O)C2. The van der Waals surface area contributed by atoms with Crippen molar-refractivity contribution in [2.45, 2.75) is 31.9 Å². The minimum Gasteiger partial charge on any atom is -0.393 e. The summed E-state index contributed by atoms with van der Waals surface area (Å²) in [5, 5.41) is 10.1. The maximum absolute atomic E-state index is 9.54. The van der Waals surface area contributed by atoms with Gasteiger partial charge in [0.2, 0.25) is 0 Å². The van der Waals surface area contributed by atoms with Crippen LogP contribution in [0, 0.1) is 0 Å². The Morgan fingerprint density at radius 3 is 3.20 bits per heavy atom. The summed E-state index contributed by atoms with van der Waals surface area (Å²) < 4.78 is 7.13. The van der Waals surface area contributed by atoms with E-state index in [0.717, 1.165) is 30.9 Å². The van der Waals surface area contributed by atoms with Crippen LogP contribution in [-0.2, 0) is 24.1 Å². The standard InChI is InChI=1S/C10H15ClN2O2/c1-15-5-3-9-12-10(11)8-6-7(14)2-4-13(8)9/h7,14H,2-6H2,1H3. The van der Waals surface area contributed by atoms with Crippen LogP contribution in [0.2, 0.25) is 5.15 Å². The molecule has 1 aliphatic heterocycles. The molecule has 1 aromatic heterocycles. The second-order valence-electron chi connectivity index (χ2n) is 3.81. The Kier molecular flexibility index (Phi) is 3.29. The van der Waals surface area contributed by atoms with Crippen molar-refractivity contribution in [3.8, 4) is 0 Å². The molecule has 0 saturated heterocycles. The number of methoxy groups -OCH3 is 1. The van der Waals surface area contributed by atoms with Crippen LogP contribution in [0.4, 0.5) is 0 Å². The number of aliphatic hydroxyl groups excluding tert-OH is 1. The van der Waals surface area contributed by atoms with E-state index in [4.69, 9.17) is 16.3 Å². The monoisotopic (exact) mass is 230 g/mol. The van der Waals surface area contributed by atoms with Gasteiger partial charge in [0.1, 0.15) is 5.82 Å². The third-order valence-corrected chi connectivity index (χ3v) is 3.05. The van der Waals surface area contributed by atoms with E-state index in [2.05, 4.69) is 9.55 Å². The molecule has 0 radical (unpaired) electrons. The summed E-state index contributed by atoms with van der Waals surface area (Å²) in [5.41, 5.74) is 0.960. The van der Waals surface area contributed by atoms with E-state index >= 15 is 0 Å². The quantitative estimate of drug-likeness (QED) is 0.844. The lowest BCUT2D eigenvalue weighted by Gasteiger charge is -2.21. The molecule has 0 aromatic carbocycles. The molecule has 0 saturated carbocycles. The van der Waals surface area contributed by atoms with Crippen LogP contribution >= 0.6 is 11.6 Å². The Bertz CT molecular complexity index is 351. The smallest absolute Gasteiger partial charge is 0.150 e. The van der Waals surface area contributed by atoms with Crippen LogP contribution < -0.4 is 0 Å².